The predicted octanol–water partition coefficient (Wildman–Crippen LogP) is 0.980. The van der Waals surface area contributed by atoms with Gasteiger partial charge in [0.1, 0.15) is 5.69 Å². The Morgan fingerprint density at radius 3 is 2.88 bits per heavy atom. The number of anilines is 1. The minimum absolute atomic E-state index is 0.156. The molecule has 0 aromatic carbocycles. The van der Waals surface area contributed by atoms with Gasteiger partial charge < -0.3 is 16.4 Å². The zero-order chi connectivity index (χ0) is 12.7. The first-order chi connectivity index (χ1) is 8.21. The second kappa shape index (κ2) is 6.85. The van der Waals surface area contributed by atoms with Crippen molar-refractivity contribution in [3.8, 4) is 0 Å². The Morgan fingerprint density at radius 1 is 1.53 bits per heavy atom. The van der Waals surface area contributed by atoms with Gasteiger partial charge in [0.15, 0.2) is 0 Å². The van der Waals surface area contributed by atoms with Crippen molar-refractivity contribution in [1.82, 2.24) is 10.3 Å². The van der Waals surface area contributed by atoms with Crippen molar-refractivity contribution in [2.75, 3.05) is 18.4 Å². The van der Waals surface area contributed by atoms with Crippen molar-refractivity contribution in [2.45, 2.75) is 26.3 Å². The number of amides is 1. The molecule has 1 aromatic rings. The van der Waals surface area contributed by atoms with E-state index in [2.05, 4.69) is 22.5 Å². The van der Waals surface area contributed by atoms with E-state index in [0.29, 0.717) is 18.8 Å². The second-order valence-corrected chi connectivity index (χ2v) is 3.77. The van der Waals surface area contributed by atoms with Crippen LogP contribution in [0, 0.1) is 0 Å². The van der Waals surface area contributed by atoms with Gasteiger partial charge in [-0.2, -0.15) is 0 Å². The van der Waals surface area contributed by atoms with Gasteiger partial charge in [0.25, 0.3) is 5.91 Å². The van der Waals surface area contributed by atoms with E-state index in [0.717, 1.165) is 12.1 Å². The van der Waals surface area contributed by atoms with Crippen molar-refractivity contribution in [3.05, 3.63) is 24.0 Å². The number of nitrogens with zero attached hydrogens (tertiary/aromatic N) is 1. The molecule has 0 bridgehead atoms. The number of pyridine rings is 1. The summed E-state index contributed by atoms with van der Waals surface area (Å²) in [6.07, 6.45) is 2.56. The molecule has 0 aliphatic heterocycles. The Morgan fingerprint density at radius 2 is 2.29 bits per heavy atom. The molecule has 0 fully saturated rings. The lowest BCUT2D eigenvalue weighted by molar-refractivity contribution is 0.0951. The topological polar surface area (TPSA) is 80.0 Å². The van der Waals surface area contributed by atoms with E-state index in [1.54, 1.807) is 12.3 Å². The normalized spacial score (nSPS) is 11.9. The number of carbonyl (C=O) groups is 1. The molecule has 0 saturated carbocycles. The molecule has 1 aromatic heterocycles. The molecule has 1 unspecified atom stereocenters. The molecule has 1 rings (SSSR count). The molecule has 0 spiro atoms. The van der Waals surface area contributed by atoms with Gasteiger partial charge in [-0.05, 0) is 25.5 Å². The van der Waals surface area contributed by atoms with Crippen molar-refractivity contribution in [2.24, 2.45) is 5.73 Å². The van der Waals surface area contributed by atoms with Crippen LogP contribution in [-0.2, 0) is 0 Å². The molecule has 5 heteroatoms. The molecule has 94 valence electrons. The smallest absolute Gasteiger partial charge is 0.269 e. The van der Waals surface area contributed by atoms with Gasteiger partial charge in [0, 0.05) is 31.0 Å². The Bertz CT molecular complexity index is 363. The highest BCUT2D eigenvalue weighted by atomic mass is 16.1. The van der Waals surface area contributed by atoms with E-state index in [1.165, 1.54) is 0 Å². The van der Waals surface area contributed by atoms with Crippen LogP contribution in [0.1, 0.15) is 30.8 Å². The molecule has 4 N–H and O–H groups in total. The Balaban J connectivity index is 2.75. The van der Waals surface area contributed by atoms with Crippen LogP contribution in [0.2, 0.25) is 0 Å². The maximum absolute atomic E-state index is 11.6. The third kappa shape index (κ3) is 4.03. The minimum atomic E-state index is -0.156. The molecular formula is C12H20N4O. The molecule has 17 heavy (non-hydrogen) atoms. The highest BCUT2D eigenvalue weighted by molar-refractivity contribution is 5.93. The maximum Gasteiger partial charge on any atom is 0.269 e. The molecular weight excluding hydrogens is 216 g/mol. The van der Waals surface area contributed by atoms with Crippen molar-refractivity contribution >= 4 is 11.6 Å². The van der Waals surface area contributed by atoms with Gasteiger partial charge >= 0.3 is 0 Å². The summed E-state index contributed by atoms with van der Waals surface area (Å²) in [5.41, 5.74) is 6.91. The summed E-state index contributed by atoms with van der Waals surface area (Å²) in [6, 6.07) is 3.80. The van der Waals surface area contributed by atoms with Crippen LogP contribution < -0.4 is 16.4 Å². The predicted molar refractivity (Wildman–Crippen MR) is 69.0 cm³/mol. The Kier molecular flexibility index (Phi) is 5.42. The molecule has 0 aliphatic carbocycles. The van der Waals surface area contributed by atoms with Gasteiger partial charge in [0.05, 0.1) is 0 Å². The molecule has 0 saturated heterocycles. The number of rotatable bonds is 6. The van der Waals surface area contributed by atoms with Crippen LogP contribution in [0.15, 0.2) is 18.3 Å². The molecule has 1 atom stereocenters. The van der Waals surface area contributed by atoms with Crippen molar-refractivity contribution < 1.29 is 4.79 Å². The first kappa shape index (κ1) is 13.4. The number of hydrogen-bond acceptors (Lipinski definition) is 4. The summed E-state index contributed by atoms with van der Waals surface area (Å²) in [5, 5.41) is 5.99. The Hall–Kier alpha value is -1.62. The van der Waals surface area contributed by atoms with Crippen LogP contribution in [0.4, 0.5) is 5.69 Å². The monoisotopic (exact) mass is 236 g/mol. The standard InChI is InChI=1S/C12H20N4O/c1-3-9(8-13)16-10-5-6-15-11(7-10)12(17)14-4-2/h5-7,9H,3-4,8,13H2,1-2H3,(H,14,17)(H,15,16). The van der Waals surface area contributed by atoms with Gasteiger partial charge in [-0.15, -0.1) is 0 Å². The second-order valence-electron chi connectivity index (χ2n) is 3.77. The summed E-state index contributed by atoms with van der Waals surface area (Å²) in [5.74, 6) is -0.156. The highest BCUT2D eigenvalue weighted by Crippen LogP contribution is 2.10. The summed E-state index contributed by atoms with van der Waals surface area (Å²) in [4.78, 5) is 15.6. The van der Waals surface area contributed by atoms with Crippen molar-refractivity contribution in [1.29, 1.82) is 0 Å². The third-order valence-electron chi connectivity index (χ3n) is 2.48. The minimum Gasteiger partial charge on any atom is -0.381 e. The maximum atomic E-state index is 11.6. The van der Waals surface area contributed by atoms with Crippen LogP contribution in [0.5, 0.6) is 0 Å². The molecule has 5 nitrogen and oxygen atoms in total. The van der Waals surface area contributed by atoms with Crippen LogP contribution in [0.25, 0.3) is 0 Å². The van der Waals surface area contributed by atoms with E-state index in [-0.39, 0.29) is 11.9 Å². The fourth-order valence-electron chi connectivity index (χ4n) is 1.46. The average molecular weight is 236 g/mol. The lowest BCUT2D eigenvalue weighted by Gasteiger charge is -2.16. The summed E-state index contributed by atoms with van der Waals surface area (Å²) < 4.78 is 0. The van der Waals surface area contributed by atoms with Gasteiger partial charge in [-0.25, -0.2) is 0 Å². The zero-order valence-corrected chi connectivity index (χ0v) is 10.4. The van der Waals surface area contributed by atoms with Crippen LogP contribution in [-0.4, -0.2) is 30.0 Å². The summed E-state index contributed by atoms with van der Waals surface area (Å²) in [6.45, 7) is 5.10. The lowest BCUT2D eigenvalue weighted by Crippen LogP contribution is -2.28. The first-order valence-corrected chi connectivity index (χ1v) is 5.92. The summed E-state index contributed by atoms with van der Waals surface area (Å²) >= 11 is 0. The van der Waals surface area contributed by atoms with Gasteiger partial charge in [-0.3, -0.25) is 9.78 Å². The molecule has 1 heterocycles. The Labute approximate surface area is 102 Å². The molecule has 0 aliphatic rings. The SMILES string of the molecule is CCNC(=O)c1cc(NC(CC)CN)ccn1. The number of aromatic nitrogens is 1. The van der Waals surface area contributed by atoms with Crippen molar-refractivity contribution in [3.63, 3.8) is 0 Å². The number of nitrogens with one attached hydrogen (secondary N) is 2. The molecule has 1 amide bonds. The largest absolute Gasteiger partial charge is 0.381 e. The highest BCUT2D eigenvalue weighted by Gasteiger charge is 2.08. The van der Waals surface area contributed by atoms with Gasteiger partial charge in [-0.1, -0.05) is 6.92 Å². The number of carbonyl (C=O) groups excluding carboxylic acids is 1. The molecule has 0 radical (unpaired) electrons. The van der Waals surface area contributed by atoms with Crippen LogP contribution in [0.3, 0.4) is 0 Å². The quantitative estimate of drug-likeness (QED) is 0.688. The summed E-state index contributed by atoms with van der Waals surface area (Å²) in [7, 11) is 0. The lowest BCUT2D eigenvalue weighted by atomic mass is 10.2. The van der Waals surface area contributed by atoms with E-state index in [1.807, 2.05) is 13.0 Å². The average Bonchev–Trinajstić information content (AvgIpc) is 2.36. The van der Waals surface area contributed by atoms with E-state index in [9.17, 15) is 4.79 Å². The van der Waals surface area contributed by atoms with Crippen LogP contribution >= 0.6 is 0 Å². The van der Waals surface area contributed by atoms with E-state index < -0.39 is 0 Å². The van der Waals surface area contributed by atoms with E-state index >= 15 is 0 Å². The first-order valence-electron chi connectivity index (χ1n) is 5.92. The van der Waals surface area contributed by atoms with E-state index in [4.69, 9.17) is 5.73 Å². The fourth-order valence-corrected chi connectivity index (χ4v) is 1.46. The third-order valence-corrected chi connectivity index (χ3v) is 2.48. The number of hydrogen-bond donors (Lipinski definition) is 3. The number of nitrogens with two attached hydrogens (primary N) is 1. The van der Waals surface area contributed by atoms with Gasteiger partial charge in [0.2, 0.25) is 0 Å². The zero-order valence-electron chi connectivity index (χ0n) is 10.4. The fraction of sp³-hybridized carbons (Fsp3) is 0.500.